The number of nitrogens with zero attached hydrogens (tertiary/aromatic N) is 1. The van der Waals surface area contributed by atoms with Crippen molar-refractivity contribution >= 4 is 33.6 Å². The monoisotopic (exact) mass is 342 g/mol. The first-order chi connectivity index (χ1) is 9.36. The Morgan fingerprint density at radius 3 is 2.65 bits per heavy atom. The summed E-state index contributed by atoms with van der Waals surface area (Å²) in [5.74, 6) is -1.03. The zero-order valence-electron chi connectivity index (χ0n) is 11.8. The van der Waals surface area contributed by atoms with Crippen molar-refractivity contribution in [1.29, 1.82) is 0 Å². The Kier molecular flexibility index (Phi) is 6.01. The summed E-state index contributed by atoms with van der Waals surface area (Å²) in [6.45, 7) is 4.04. The highest BCUT2D eigenvalue weighted by Gasteiger charge is 2.16. The molecule has 0 saturated heterocycles. The molecule has 6 heteroatoms. The fourth-order valence-electron chi connectivity index (χ4n) is 1.77. The fourth-order valence-corrected chi connectivity index (χ4v) is 2.11. The maximum atomic E-state index is 12.1. The number of anilines is 1. The molecule has 0 aliphatic heterocycles. The van der Waals surface area contributed by atoms with Gasteiger partial charge in [-0.25, -0.2) is 9.59 Å². The Balaban J connectivity index is 2.84. The number of rotatable bonds is 5. The first-order valence-corrected chi connectivity index (χ1v) is 7.22. The smallest absolute Gasteiger partial charge is 0.335 e. The van der Waals surface area contributed by atoms with Crippen molar-refractivity contribution in [2.75, 3.05) is 12.4 Å². The second-order valence-corrected chi connectivity index (χ2v) is 5.53. The van der Waals surface area contributed by atoms with Gasteiger partial charge in [-0.1, -0.05) is 13.3 Å². The van der Waals surface area contributed by atoms with E-state index in [4.69, 9.17) is 5.11 Å². The van der Waals surface area contributed by atoms with E-state index in [9.17, 15) is 9.59 Å². The van der Waals surface area contributed by atoms with E-state index in [1.54, 1.807) is 18.0 Å². The number of halogens is 1. The van der Waals surface area contributed by atoms with E-state index in [1.807, 2.05) is 6.92 Å². The standard InChI is InChI=1S/C14H19BrN2O3/c1-4-5-9(2)17(3)14(20)16-12-8-10(13(18)19)6-7-11(12)15/h6-9H,4-5H2,1-3H3,(H,16,20)(H,18,19). The van der Waals surface area contributed by atoms with Crippen LogP contribution in [0.1, 0.15) is 37.0 Å². The summed E-state index contributed by atoms with van der Waals surface area (Å²) in [7, 11) is 1.73. The van der Waals surface area contributed by atoms with Gasteiger partial charge in [0.15, 0.2) is 0 Å². The van der Waals surface area contributed by atoms with Gasteiger partial charge in [-0.3, -0.25) is 0 Å². The lowest BCUT2D eigenvalue weighted by Crippen LogP contribution is -2.38. The van der Waals surface area contributed by atoms with Gasteiger partial charge >= 0.3 is 12.0 Å². The molecule has 1 aromatic carbocycles. The summed E-state index contributed by atoms with van der Waals surface area (Å²) in [6, 6.07) is 4.39. The summed E-state index contributed by atoms with van der Waals surface area (Å²) < 4.78 is 0.646. The molecule has 0 saturated carbocycles. The predicted molar refractivity (Wildman–Crippen MR) is 82.3 cm³/mol. The Labute approximate surface area is 127 Å². The van der Waals surface area contributed by atoms with Crippen LogP contribution in [-0.2, 0) is 0 Å². The Bertz CT molecular complexity index is 505. The molecule has 0 radical (unpaired) electrons. The minimum atomic E-state index is -1.03. The number of hydrogen-bond donors (Lipinski definition) is 2. The van der Waals surface area contributed by atoms with Crippen LogP contribution in [0.15, 0.2) is 22.7 Å². The van der Waals surface area contributed by atoms with Crippen molar-refractivity contribution in [3.63, 3.8) is 0 Å². The molecule has 2 N–H and O–H groups in total. The summed E-state index contributed by atoms with van der Waals surface area (Å²) in [5, 5.41) is 11.7. The molecule has 0 heterocycles. The molecule has 0 aliphatic rings. The van der Waals surface area contributed by atoms with E-state index in [0.717, 1.165) is 12.8 Å². The fraction of sp³-hybridized carbons (Fsp3) is 0.429. The average molecular weight is 343 g/mol. The van der Waals surface area contributed by atoms with Crippen LogP contribution in [0.5, 0.6) is 0 Å². The highest BCUT2D eigenvalue weighted by atomic mass is 79.9. The number of benzene rings is 1. The largest absolute Gasteiger partial charge is 0.478 e. The lowest BCUT2D eigenvalue weighted by atomic mass is 10.2. The number of hydrogen-bond acceptors (Lipinski definition) is 2. The van der Waals surface area contributed by atoms with Crippen LogP contribution in [0.3, 0.4) is 0 Å². The summed E-state index contributed by atoms with van der Waals surface area (Å²) >= 11 is 3.30. The molecule has 1 aromatic rings. The first kappa shape index (κ1) is 16.5. The first-order valence-electron chi connectivity index (χ1n) is 6.43. The molecule has 0 fully saturated rings. The number of amides is 2. The number of carboxylic acid groups (broad SMARTS) is 1. The van der Waals surface area contributed by atoms with E-state index >= 15 is 0 Å². The van der Waals surface area contributed by atoms with Gasteiger partial charge < -0.3 is 15.3 Å². The van der Waals surface area contributed by atoms with E-state index in [1.165, 1.54) is 12.1 Å². The van der Waals surface area contributed by atoms with Crippen molar-refractivity contribution in [3.8, 4) is 0 Å². The maximum absolute atomic E-state index is 12.1. The molecule has 5 nitrogen and oxygen atoms in total. The van der Waals surface area contributed by atoms with Crippen LogP contribution in [0, 0.1) is 0 Å². The lowest BCUT2D eigenvalue weighted by molar-refractivity contribution is 0.0697. The molecule has 1 atom stereocenters. The van der Waals surface area contributed by atoms with Gasteiger partial charge in [-0.2, -0.15) is 0 Å². The zero-order valence-corrected chi connectivity index (χ0v) is 13.4. The highest BCUT2D eigenvalue weighted by Crippen LogP contribution is 2.24. The number of carboxylic acids is 1. The number of nitrogens with one attached hydrogen (secondary N) is 1. The zero-order chi connectivity index (χ0) is 15.3. The van der Waals surface area contributed by atoms with Gasteiger partial charge in [0.05, 0.1) is 11.3 Å². The molecule has 1 rings (SSSR count). The molecule has 1 unspecified atom stereocenters. The third kappa shape index (κ3) is 4.23. The minimum Gasteiger partial charge on any atom is -0.478 e. The molecule has 110 valence electrons. The van der Waals surface area contributed by atoms with E-state index in [2.05, 4.69) is 28.2 Å². The van der Waals surface area contributed by atoms with E-state index in [-0.39, 0.29) is 17.6 Å². The van der Waals surface area contributed by atoms with Crippen molar-refractivity contribution in [2.24, 2.45) is 0 Å². The van der Waals surface area contributed by atoms with Gasteiger partial charge in [0.1, 0.15) is 0 Å². The molecule has 20 heavy (non-hydrogen) atoms. The average Bonchev–Trinajstić information content (AvgIpc) is 2.40. The molecule has 0 aliphatic carbocycles. The third-order valence-electron chi connectivity index (χ3n) is 3.14. The van der Waals surface area contributed by atoms with Crippen molar-refractivity contribution in [2.45, 2.75) is 32.7 Å². The second-order valence-electron chi connectivity index (χ2n) is 4.68. The number of aromatic carboxylic acids is 1. The van der Waals surface area contributed by atoms with Gasteiger partial charge in [-0.05, 0) is 47.5 Å². The van der Waals surface area contributed by atoms with Crippen LogP contribution in [0.25, 0.3) is 0 Å². The van der Waals surface area contributed by atoms with Crippen molar-refractivity contribution in [1.82, 2.24) is 4.90 Å². The Hall–Kier alpha value is -1.56. The molecule has 0 bridgehead atoms. The molecular formula is C14H19BrN2O3. The van der Waals surface area contributed by atoms with Gasteiger partial charge in [0.2, 0.25) is 0 Å². The van der Waals surface area contributed by atoms with Crippen molar-refractivity contribution < 1.29 is 14.7 Å². The Morgan fingerprint density at radius 1 is 1.45 bits per heavy atom. The summed E-state index contributed by atoms with van der Waals surface area (Å²) in [5.41, 5.74) is 0.582. The van der Waals surface area contributed by atoms with Gasteiger partial charge in [-0.15, -0.1) is 0 Å². The molecule has 2 amide bonds. The van der Waals surface area contributed by atoms with E-state index < -0.39 is 5.97 Å². The second kappa shape index (κ2) is 7.28. The third-order valence-corrected chi connectivity index (χ3v) is 3.83. The van der Waals surface area contributed by atoms with Crippen molar-refractivity contribution in [3.05, 3.63) is 28.2 Å². The van der Waals surface area contributed by atoms with Crippen LogP contribution in [0.4, 0.5) is 10.5 Å². The van der Waals surface area contributed by atoms with Crippen LogP contribution >= 0.6 is 15.9 Å². The lowest BCUT2D eigenvalue weighted by Gasteiger charge is -2.25. The molecular weight excluding hydrogens is 324 g/mol. The number of urea groups is 1. The van der Waals surface area contributed by atoms with Crippen LogP contribution < -0.4 is 5.32 Å². The van der Waals surface area contributed by atoms with Crippen LogP contribution in [0.2, 0.25) is 0 Å². The molecule has 0 aromatic heterocycles. The highest BCUT2D eigenvalue weighted by molar-refractivity contribution is 9.10. The topological polar surface area (TPSA) is 69.6 Å². The SMILES string of the molecule is CCCC(C)N(C)C(=O)Nc1cc(C(=O)O)ccc1Br. The van der Waals surface area contributed by atoms with E-state index in [0.29, 0.717) is 10.2 Å². The molecule has 0 spiro atoms. The number of carbonyl (C=O) groups excluding carboxylic acids is 1. The summed E-state index contributed by atoms with van der Waals surface area (Å²) in [6.07, 6.45) is 1.91. The van der Waals surface area contributed by atoms with Gasteiger partial charge in [0.25, 0.3) is 0 Å². The van der Waals surface area contributed by atoms with Gasteiger partial charge in [0, 0.05) is 17.6 Å². The Morgan fingerprint density at radius 2 is 2.10 bits per heavy atom. The normalized spacial score (nSPS) is 11.8. The summed E-state index contributed by atoms with van der Waals surface area (Å²) in [4.78, 5) is 24.7. The minimum absolute atomic E-state index is 0.126. The number of carbonyl (C=O) groups is 2. The maximum Gasteiger partial charge on any atom is 0.335 e. The predicted octanol–water partition coefficient (Wildman–Crippen LogP) is 3.80. The quantitative estimate of drug-likeness (QED) is 0.854. The van der Waals surface area contributed by atoms with Crippen LogP contribution in [-0.4, -0.2) is 35.1 Å².